The van der Waals surface area contributed by atoms with E-state index >= 15 is 0 Å². The number of hydrogen-bond acceptors (Lipinski definition) is 3. The third-order valence-corrected chi connectivity index (χ3v) is 6.63. The van der Waals surface area contributed by atoms with Crippen LogP contribution in [0.4, 0.5) is 0 Å². The van der Waals surface area contributed by atoms with Gasteiger partial charge in [-0.25, -0.2) is 4.79 Å². The molecule has 1 aliphatic carbocycles. The van der Waals surface area contributed by atoms with E-state index in [-0.39, 0.29) is 23.1 Å². The van der Waals surface area contributed by atoms with Crippen molar-refractivity contribution in [3.05, 3.63) is 46.5 Å². The average Bonchev–Trinajstić information content (AvgIpc) is 3.08. The van der Waals surface area contributed by atoms with Crippen molar-refractivity contribution in [3.8, 4) is 0 Å². The first kappa shape index (κ1) is 19.0. The molecule has 1 fully saturated rings. The van der Waals surface area contributed by atoms with Crippen LogP contribution >= 0.6 is 11.8 Å². The van der Waals surface area contributed by atoms with Crippen LogP contribution in [0.5, 0.6) is 0 Å². The van der Waals surface area contributed by atoms with Crippen molar-refractivity contribution < 1.29 is 14.7 Å². The first-order chi connectivity index (χ1) is 12.5. The molecule has 1 N–H and O–H groups in total. The Balaban J connectivity index is 1.89. The molecule has 1 amide bonds. The summed E-state index contributed by atoms with van der Waals surface area (Å²) < 4.78 is 0. The Morgan fingerprint density at radius 2 is 1.77 bits per heavy atom. The topological polar surface area (TPSA) is 57.6 Å². The molecule has 3 rings (SSSR count). The average molecular weight is 374 g/mol. The van der Waals surface area contributed by atoms with Gasteiger partial charge in [-0.05, 0) is 32.3 Å². The van der Waals surface area contributed by atoms with Crippen molar-refractivity contribution in [2.24, 2.45) is 5.92 Å². The van der Waals surface area contributed by atoms with Crippen molar-refractivity contribution in [2.75, 3.05) is 0 Å². The summed E-state index contributed by atoms with van der Waals surface area (Å²) in [4.78, 5) is 27.2. The molecule has 140 valence electrons. The Bertz CT molecular complexity index is 692. The number of thioether (sulfide) groups is 1. The van der Waals surface area contributed by atoms with Crippen LogP contribution in [0.3, 0.4) is 0 Å². The SMILES string of the molecule is CC(C)N(C(=O)C1CCCCC1)C1=C(C(=O)O)SC(c2ccccc2)C1. The van der Waals surface area contributed by atoms with Gasteiger partial charge in [0.2, 0.25) is 5.91 Å². The Labute approximate surface area is 159 Å². The summed E-state index contributed by atoms with van der Waals surface area (Å²) in [6.45, 7) is 3.96. The van der Waals surface area contributed by atoms with Crippen LogP contribution in [0.2, 0.25) is 0 Å². The van der Waals surface area contributed by atoms with Gasteiger partial charge in [-0.3, -0.25) is 4.79 Å². The van der Waals surface area contributed by atoms with Gasteiger partial charge in [-0.2, -0.15) is 0 Å². The number of amides is 1. The van der Waals surface area contributed by atoms with Crippen LogP contribution in [0, 0.1) is 5.92 Å². The predicted molar refractivity (Wildman–Crippen MR) is 105 cm³/mol. The van der Waals surface area contributed by atoms with Gasteiger partial charge < -0.3 is 10.0 Å². The van der Waals surface area contributed by atoms with Crippen LogP contribution in [0.15, 0.2) is 40.9 Å². The Kier molecular flexibility index (Phi) is 6.07. The highest BCUT2D eigenvalue weighted by molar-refractivity contribution is 8.04. The number of aliphatic carboxylic acids is 1. The predicted octanol–water partition coefficient (Wildman–Crippen LogP) is 4.98. The lowest BCUT2D eigenvalue weighted by Gasteiger charge is -2.33. The van der Waals surface area contributed by atoms with Gasteiger partial charge in [0.1, 0.15) is 4.91 Å². The van der Waals surface area contributed by atoms with Crippen molar-refractivity contribution in [3.63, 3.8) is 0 Å². The molecule has 0 aromatic heterocycles. The largest absolute Gasteiger partial charge is 0.477 e. The highest BCUT2D eigenvalue weighted by Gasteiger charge is 2.38. The number of carbonyl (C=O) groups excluding carboxylic acids is 1. The zero-order chi connectivity index (χ0) is 18.7. The maximum atomic E-state index is 13.2. The molecule has 1 unspecified atom stereocenters. The van der Waals surface area contributed by atoms with Crippen LogP contribution in [0.1, 0.15) is 63.2 Å². The highest BCUT2D eigenvalue weighted by atomic mass is 32.2. The second-order valence-corrected chi connectivity index (χ2v) is 8.65. The number of allylic oxidation sites excluding steroid dienone is 1. The lowest BCUT2D eigenvalue weighted by atomic mass is 9.87. The lowest BCUT2D eigenvalue weighted by Crippen LogP contribution is -2.41. The van der Waals surface area contributed by atoms with Gasteiger partial charge in [0.05, 0.1) is 0 Å². The van der Waals surface area contributed by atoms with Crippen LogP contribution in [0.25, 0.3) is 0 Å². The Morgan fingerprint density at radius 3 is 2.35 bits per heavy atom. The maximum Gasteiger partial charge on any atom is 0.343 e. The Hall–Kier alpha value is -1.75. The van der Waals surface area contributed by atoms with E-state index in [1.807, 2.05) is 44.2 Å². The minimum atomic E-state index is -0.925. The summed E-state index contributed by atoms with van der Waals surface area (Å²) in [6, 6.07) is 9.93. The van der Waals surface area contributed by atoms with Crippen molar-refractivity contribution in [1.82, 2.24) is 4.90 Å². The van der Waals surface area contributed by atoms with Gasteiger partial charge in [-0.1, -0.05) is 49.6 Å². The molecule has 0 spiro atoms. The van der Waals surface area contributed by atoms with Gasteiger partial charge in [0.15, 0.2) is 0 Å². The first-order valence-corrected chi connectivity index (χ1v) is 10.4. The van der Waals surface area contributed by atoms with E-state index in [4.69, 9.17) is 0 Å². The molecular formula is C21H27NO3S. The van der Waals surface area contributed by atoms with E-state index in [0.29, 0.717) is 17.0 Å². The number of hydrogen-bond donors (Lipinski definition) is 1. The van der Waals surface area contributed by atoms with E-state index in [0.717, 1.165) is 31.2 Å². The first-order valence-electron chi connectivity index (χ1n) is 9.50. The minimum absolute atomic E-state index is 0.0365. The van der Waals surface area contributed by atoms with Gasteiger partial charge in [0, 0.05) is 29.3 Å². The molecule has 0 saturated heterocycles. The molecule has 2 aliphatic rings. The lowest BCUT2D eigenvalue weighted by molar-refractivity contribution is -0.136. The van der Waals surface area contributed by atoms with Gasteiger partial charge >= 0.3 is 5.97 Å². The van der Waals surface area contributed by atoms with Crippen molar-refractivity contribution >= 4 is 23.6 Å². The number of benzene rings is 1. The van der Waals surface area contributed by atoms with E-state index < -0.39 is 5.97 Å². The molecule has 1 aromatic carbocycles. The third kappa shape index (κ3) is 3.98. The number of nitrogens with zero attached hydrogens (tertiary/aromatic N) is 1. The fraction of sp³-hybridized carbons (Fsp3) is 0.524. The normalized spacial score (nSPS) is 21.3. The smallest absolute Gasteiger partial charge is 0.343 e. The summed E-state index contributed by atoms with van der Waals surface area (Å²) in [5.74, 6) is -0.775. The highest BCUT2D eigenvalue weighted by Crippen LogP contribution is 2.49. The third-order valence-electron chi connectivity index (χ3n) is 5.27. The molecule has 1 atom stereocenters. The second kappa shape index (κ2) is 8.30. The standard InChI is InChI=1S/C21H27NO3S/c1-14(2)22(20(23)16-11-7-4-8-12-16)17-13-18(26-19(17)21(24)25)15-9-5-3-6-10-15/h3,5-6,9-10,14,16,18H,4,7-8,11-13H2,1-2H3,(H,24,25). The molecule has 1 saturated carbocycles. The summed E-state index contributed by atoms with van der Waals surface area (Å²) in [5, 5.41) is 9.81. The van der Waals surface area contributed by atoms with E-state index in [2.05, 4.69) is 0 Å². The van der Waals surface area contributed by atoms with Crippen LogP contribution < -0.4 is 0 Å². The van der Waals surface area contributed by atoms with Crippen LogP contribution in [-0.4, -0.2) is 27.9 Å². The summed E-state index contributed by atoms with van der Waals surface area (Å²) in [5.41, 5.74) is 1.81. The molecule has 26 heavy (non-hydrogen) atoms. The zero-order valence-corrected chi connectivity index (χ0v) is 16.3. The molecule has 0 radical (unpaired) electrons. The molecule has 0 bridgehead atoms. The van der Waals surface area contributed by atoms with E-state index in [9.17, 15) is 14.7 Å². The molecular weight excluding hydrogens is 346 g/mol. The maximum absolute atomic E-state index is 13.2. The molecule has 5 heteroatoms. The van der Waals surface area contributed by atoms with E-state index in [1.54, 1.807) is 4.90 Å². The zero-order valence-electron chi connectivity index (χ0n) is 15.5. The number of carboxylic acids is 1. The molecule has 1 aromatic rings. The quantitative estimate of drug-likeness (QED) is 0.791. The summed E-state index contributed by atoms with van der Waals surface area (Å²) in [7, 11) is 0. The summed E-state index contributed by atoms with van der Waals surface area (Å²) in [6.07, 6.45) is 5.82. The fourth-order valence-electron chi connectivity index (χ4n) is 4.00. The number of carbonyl (C=O) groups is 2. The second-order valence-electron chi connectivity index (χ2n) is 7.44. The van der Waals surface area contributed by atoms with E-state index in [1.165, 1.54) is 18.2 Å². The molecule has 4 nitrogen and oxygen atoms in total. The number of carboxylic acid groups (broad SMARTS) is 1. The number of rotatable bonds is 5. The van der Waals surface area contributed by atoms with Crippen molar-refractivity contribution in [1.29, 1.82) is 0 Å². The molecule has 1 aliphatic heterocycles. The monoisotopic (exact) mass is 373 g/mol. The van der Waals surface area contributed by atoms with Gasteiger partial charge in [0.25, 0.3) is 0 Å². The molecule has 1 heterocycles. The fourth-order valence-corrected chi connectivity index (χ4v) is 5.24. The summed E-state index contributed by atoms with van der Waals surface area (Å²) >= 11 is 1.38. The van der Waals surface area contributed by atoms with Gasteiger partial charge in [-0.15, -0.1) is 11.8 Å². The Morgan fingerprint density at radius 1 is 1.12 bits per heavy atom. The van der Waals surface area contributed by atoms with Crippen molar-refractivity contribution in [2.45, 2.75) is 63.7 Å². The minimum Gasteiger partial charge on any atom is -0.477 e. The van der Waals surface area contributed by atoms with Crippen LogP contribution in [-0.2, 0) is 9.59 Å².